The molecule has 0 spiro atoms. The number of carbonyl (C=O) groups is 1. The van der Waals surface area contributed by atoms with E-state index in [0.717, 1.165) is 11.8 Å². The van der Waals surface area contributed by atoms with Crippen LogP contribution in [0, 0.1) is 22.7 Å². The van der Waals surface area contributed by atoms with Gasteiger partial charge in [-0.05, 0) is 12.1 Å². The SMILES string of the molecule is N#Cc1cc(C#N)c(SCC(=O)Nc2ncccn2)[nH+]c1N. The number of hydrogen-bond acceptors (Lipinski definition) is 7. The fourth-order valence-electron chi connectivity index (χ4n) is 1.50. The molecule has 2 aromatic rings. The van der Waals surface area contributed by atoms with Crippen molar-refractivity contribution in [1.29, 1.82) is 10.5 Å². The van der Waals surface area contributed by atoms with Crippen molar-refractivity contribution in [1.82, 2.24) is 9.97 Å². The second-order valence-corrected chi connectivity index (χ2v) is 4.96. The van der Waals surface area contributed by atoms with Crippen LogP contribution in [0.15, 0.2) is 29.6 Å². The molecule has 2 heterocycles. The van der Waals surface area contributed by atoms with E-state index in [1.54, 1.807) is 6.07 Å². The van der Waals surface area contributed by atoms with Gasteiger partial charge >= 0.3 is 0 Å². The minimum absolute atomic E-state index is 0.0365. The van der Waals surface area contributed by atoms with E-state index < -0.39 is 0 Å². The Hall–Kier alpha value is -3.17. The molecule has 0 fully saturated rings. The summed E-state index contributed by atoms with van der Waals surface area (Å²) in [6, 6.07) is 6.86. The summed E-state index contributed by atoms with van der Waals surface area (Å²) in [5, 5.41) is 20.9. The molecule has 0 aromatic carbocycles. The number of aromatic nitrogens is 3. The average Bonchev–Trinajstić information content (AvgIpc) is 2.54. The van der Waals surface area contributed by atoms with Gasteiger partial charge in [-0.3, -0.25) is 15.8 Å². The molecular formula is C13H10N7OS+. The van der Waals surface area contributed by atoms with Gasteiger partial charge in [0.1, 0.15) is 23.3 Å². The smallest absolute Gasteiger partial charge is 0.289 e. The van der Waals surface area contributed by atoms with Gasteiger partial charge in [0.2, 0.25) is 11.9 Å². The van der Waals surface area contributed by atoms with Gasteiger partial charge in [-0.1, -0.05) is 11.8 Å². The van der Waals surface area contributed by atoms with Crippen molar-refractivity contribution < 1.29 is 9.78 Å². The fourth-order valence-corrected chi connectivity index (χ4v) is 2.29. The maximum absolute atomic E-state index is 11.8. The van der Waals surface area contributed by atoms with Gasteiger partial charge in [-0.2, -0.15) is 10.5 Å². The van der Waals surface area contributed by atoms with Crippen molar-refractivity contribution in [2.45, 2.75) is 5.03 Å². The van der Waals surface area contributed by atoms with Gasteiger partial charge in [0.25, 0.3) is 5.82 Å². The number of aromatic amines is 1. The second kappa shape index (κ2) is 7.02. The Labute approximate surface area is 130 Å². The average molecular weight is 312 g/mol. The molecule has 0 aliphatic heterocycles. The first kappa shape index (κ1) is 15.2. The zero-order chi connectivity index (χ0) is 15.9. The predicted molar refractivity (Wildman–Crippen MR) is 78.2 cm³/mol. The van der Waals surface area contributed by atoms with E-state index in [4.69, 9.17) is 16.3 Å². The third-order valence-corrected chi connectivity index (χ3v) is 3.49. The second-order valence-electron chi connectivity index (χ2n) is 3.97. The number of carbonyl (C=O) groups excluding carboxylic acids is 1. The quantitative estimate of drug-likeness (QED) is 0.775. The van der Waals surface area contributed by atoms with Crippen molar-refractivity contribution in [3.63, 3.8) is 0 Å². The number of amides is 1. The van der Waals surface area contributed by atoms with Crippen molar-refractivity contribution in [2.24, 2.45) is 0 Å². The first-order valence-electron chi connectivity index (χ1n) is 5.99. The minimum atomic E-state index is -0.323. The molecule has 0 radical (unpaired) electrons. The predicted octanol–water partition coefficient (Wildman–Crippen LogP) is 0.347. The van der Waals surface area contributed by atoms with Crippen molar-refractivity contribution in [2.75, 3.05) is 16.8 Å². The highest BCUT2D eigenvalue weighted by Gasteiger charge is 2.16. The van der Waals surface area contributed by atoms with E-state index in [1.807, 2.05) is 12.1 Å². The third-order valence-electron chi connectivity index (χ3n) is 2.48. The van der Waals surface area contributed by atoms with Crippen molar-refractivity contribution >= 4 is 29.4 Å². The molecule has 8 nitrogen and oxygen atoms in total. The lowest BCUT2D eigenvalue weighted by Crippen LogP contribution is -2.20. The molecular weight excluding hydrogens is 302 g/mol. The summed E-state index contributed by atoms with van der Waals surface area (Å²) in [7, 11) is 0. The maximum Gasteiger partial charge on any atom is 0.289 e. The van der Waals surface area contributed by atoms with Crippen LogP contribution in [0.4, 0.5) is 11.8 Å². The van der Waals surface area contributed by atoms with Crippen molar-refractivity contribution in [3.05, 3.63) is 35.7 Å². The number of thioether (sulfide) groups is 1. The minimum Gasteiger partial charge on any atom is -0.294 e. The molecule has 9 heteroatoms. The summed E-state index contributed by atoms with van der Waals surface area (Å²) < 4.78 is 0. The Balaban J connectivity index is 2.06. The molecule has 2 aromatic heterocycles. The fraction of sp³-hybridized carbons (Fsp3) is 0.0769. The van der Waals surface area contributed by atoms with Gasteiger partial charge < -0.3 is 0 Å². The van der Waals surface area contributed by atoms with E-state index in [0.29, 0.717) is 5.03 Å². The molecule has 0 aliphatic rings. The molecule has 0 saturated carbocycles. The van der Waals surface area contributed by atoms with Gasteiger partial charge in [0, 0.05) is 12.4 Å². The topological polar surface area (TPSA) is 143 Å². The lowest BCUT2D eigenvalue weighted by molar-refractivity contribution is -0.410. The number of nitrogens with one attached hydrogen (secondary N) is 2. The summed E-state index contributed by atoms with van der Waals surface area (Å²) in [5.41, 5.74) is 6.10. The number of H-pyrrole nitrogens is 1. The van der Waals surface area contributed by atoms with Gasteiger partial charge in [0.15, 0.2) is 5.03 Å². The number of hydrogen-bond donors (Lipinski definition) is 2. The summed E-state index contributed by atoms with van der Waals surface area (Å²) in [6.45, 7) is 0. The lowest BCUT2D eigenvalue weighted by atomic mass is 10.2. The van der Waals surface area contributed by atoms with Crippen LogP contribution in [0.2, 0.25) is 0 Å². The van der Waals surface area contributed by atoms with Crippen LogP contribution in [0.3, 0.4) is 0 Å². The summed E-state index contributed by atoms with van der Waals surface area (Å²) in [6.07, 6.45) is 3.03. The molecule has 0 bridgehead atoms. The summed E-state index contributed by atoms with van der Waals surface area (Å²) in [5.74, 6) is 0.0681. The first-order chi connectivity index (χ1) is 10.6. The molecule has 108 valence electrons. The van der Waals surface area contributed by atoms with Crippen LogP contribution in [-0.2, 0) is 4.79 Å². The summed E-state index contributed by atoms with van der Waals surface area (Å²) in [4.78, 5) is 22.3. The van der Waals surface area contributed by atoms with Crippen molar-refractivity contribution in [3.8, 4) is 12.1 Å². The highest BCUT2D eigenvalue weighted by Crippen LogP contribution is 2.20. The molecule has 0 unspecified atom stereocenters. The van der Waals surface area contributed by atoms with E-state index in [1.165, 1.54) is 18.5 Å². The van der Waals surface area contributed by atoms with Gasteiger partial charge in [0.05, 0.1) is 5.75 Å². The number of pyridine rings is 1. The molecule has 22 heavy (non-hydrogen) atoms. The van der Waals surface area contributed by atoms with Gasteiger partial charge in [-0.15, -0.1) is 0 Å². The number of nitrogens with two attached hydrogens (primary N) is 1. The Morgan fingerprint density at radius 3 is 2.64 bits per heavy atom. The Kier molecular flexibility index (Phi) is 4.85. The number of anilines is 2. The number of nitrogens with zero attached hydrogens (tertiary/aromatic N) is 4. The van der Waals surface area contributed by atoms with E-state index >= 15 is 0 Å². The zero-order valence-electron chi connectivity index (χ0n) is 11.2. The molecule has 0 atom stereocenters. The van der Waals surface area contributed by atoms with Gasteiger partial charge in [-0.25, -0.2) is 15.0 Å². The monoisotopic (exact) mass is 312 g/mol. The third kappa shape index (κ3) is 3.69. The van der Waals surface area contributed by atoms with E-state index in [9.17, 15) is 4.79 Å². The molecule has 4 N–H and O–H groups in total. The Morgan fingerprint density at radius 1 is 1.32 bits per heavy atom. The van der Waals surface area contributed by atoms with Crippen LogP contribution < -0.4 is 16.0 Å². The van der Waals surface area contributed by atoms with Crippen LogP contribution in [0.1, 0.15) is 11.1 Å². The standard InChI is InChI=1S/C13H9N7OS/c14-5-8-4-9(6-15)12(20-11(8)16)22-7-10(21)19-13-17-2-1-3-18-13/h1-4H,7H2,(H2,16,20)(H,17,18,19,21)/p+1. The summed E-state index contributed by atoms with van der Waals surface area (Å²) >= 11 is 1.10. The highest BCUT2D eigenvalue weighted by molar-refractivity contribution is 7.99. The number of rotatable bonds is 4. The zero-order valence-corrected chi connectivity index (χ0v) is 12.0. The normalized spacial score (nSPS) is 9.55. The van der Waals surface area contributed by atoms with Crippen LogP contribution >= 0.6 is 11.8 Å². The largest absolute Gasteiger partial charge is 0.294 e. The van der Waals surface area contributed by atoms with E-state index in [-0.39, 0.29) is 34.6 Å². The van der Waals surface area contributed by atoms with Crippen LogP contribution in [0.25, 0.3) is 0 Å². The number of nitriles is 2. The first-order valence-corrected chi connectivity index (χ1v) is 6.98. The highest BCUT2D eigenvalue weighted by atomic mass is 32.2. The Morgan fingerprint density at radius 2 is 2.00 bits per heavy atom. The van der Waals surface area contributed by atoms with Crippen LogP contribution in [0.5, 0.6) is 0 Å². The van der Waals surface area contributed by atoms with E-state index in [2.05, 4.69) is 20.3 Å². The lowest BCUT2D eigenvalue weighted by Gasteiger charge is -2.03. The number of nitrogen functional groups attached to an aromatic ring is 1. The molecule has 0 aliphatic carbocycles. The Bertz CT molecular complexity index is 779. The molecule has 0 saturated heterocycles. The molecule has 2 rings (SSSR count). The maximum atomic E-state index is 11.8. The molecule has 1 amide bonds. The van der Waals surface area contributed by atoms with Crippen LogP contribution in [-0.4, -0.2) is 21.6 Å².